The molecule has 38 heavy (non-hydrogen) atoms. The maximum Gasteiger partial charge on any atom is 0.329 e. The van der Waals surface area contributed by atoms with E-state index in [9.17, 15) is 28.9 Å². The molecule has 3 aromatic carbocycles. The summed E-state index contributed by atoms with van der Waals surface area (Å²) in [6.45, 7) is -0.678. The van der Waals surface area contributed by atoms with Crippen LogP contribution in [-0.2, 0) is 16.2 Å². The molecular weight excluding hydrogens is 542 g/mol. The van der Waals surface area contributed by atoms with Crippen LogP contribution in [-0.4, -0.2) is 34.2 Å². The van der Waals surface area contributed by atoms with Crippen LogP contribution in [0.5, 0.6) is 5.75 Å². The molecule has 1 aliphatic rings. The average Bonchev–Trinajstić information content (AvgIpc) is 3.12. The summed E-state index contributed by atoms with van der Waals surface area (Å²) in [5.41, 5.74) is 0.565. The Hall–Kier alpha value is -4.48. The number of halogens is 3. The van der Waals surface area contributed by atoms with Gasteiger partial charge in [0.05, 0.1) is 20.7 Å². The molecule has 3 aromatic rings. The van der Waals surface area contributed by atoms with Gasteiger partial charge in [-0.3, -0.25) is 19.7 Å². The Morgan fingerprint density at radius 2 is 1.82 bits per heavy atom. The molecule has 0 bridgehead atoms. The first-order valence-electron chi connectivity index (χ1n) is 10.9. The first-order chi connectivity index (χ1) is 18.1. The Labute approximate surface area is 224 Å². The van der Waals surface area contributed by atoms with Crippen molar-refractivity contribution in [3.8, 4) is 5.75 Å². The number of imide groups is 1. The van der Waals surface area contributed by atoms with Crippen LogP contribution >= 0.6 is 23.2 Å². The van der Waals surface area contributed by atoms with E-state index >= 15 is 0 Å². The molecule has 1 saturated heterocycles. The molecule has 0 unspecified atom stereocenters. The number of benzene rings is 3. The minimum Gasteiger partial charge on any atom is -0.486 e. The van der Waals surface area contributed by atoms with E-state index in [-0.39, 0.29) is 39.5 Å². The standard InChI is InChI=1S/C25H17Cl2FN4O6/c26-17-9-15(10-18(27)23(17)38-13-14-4-3-5-16(8-14)32(36)37)11-21-24(34)31(25(35)30-21)12-22(33)29-20-7-2-1-6-19(20)28/h1-11H,12-13H2,(H,29,33)(H,30,35)/b21-11+. The van der Waals surface area contributed by atoms with Crippen LogP contribution in [0.2, 0.25) is 10.0 Å². The van der Waals surface area contributed by atoms with E-state index in [2.05, 4.69) is 10.6 Å². The molecule has 1 fully saturated rings. The quantitative estimate of drug-likeness (QED) is 0.170. The SMILES string of the molecule is O=C(CN1C(=O)N/C(=C/c2cc(Cl)c(OCc3cccc([N+](=O)[O-])c3)c(Cl)c2)C1=O)Nc1ccccc1F. The molecule has 4 rings (SSSR count). The molecule has 0 saturated carbocycles. The van der Waals surface area contributed by atoms with Gasteiger partial charge in [-0.1, -0.05) is 47.5 Å². The van der Waals surface area contributed by atoms with Crippen molar-refractivity contribution in [2.45, 2.75) is 6.61 Å². The minimum absolute atomic E-state index is 0.0417. The van der Waals surface area contributed by atoms with Crippen molar-refractivity contribution in [2.24, 2.45) is 0 Å². The van der Waals surface area contributed by atoms with Gasteiger partial charge in [0.15, 0.2) is 5.75 Å². The van der Waals surface area contributed by atoms with E-state index in [0.717, 1.165) is 6.07 Å². The van der Waals surface area contributed by atoms with Gasteiger partial charge in [-0.05, 0) is 41.5 Å². The lowest BCUT2D eigenvalue weighted by Crippen LogP contribution is -2.38. The molecule has 1 aliphatic heterocycles. The topological polar surface area (TPSA) is 131 Å². The van der Waals surface area contributed by atoms with Crippen molar-refractivity contribution < 1.29 is 28.4 Å². The highest BCUT2D eigenvalue weighted by Gasteiger charge is 2.35. The predicted molar refractivity (Wildman–Crippen MR) is 137 cm³/mol. The highest BCUT2D eigenvalue weighted by molar-refractivity contribution is 6.37. The Kier molecular flexibility index (Phi) is 7.89. The van der Waals surface area contributed by atoms with Crippen molar-refractivity contribution in [3.05, 3.63) is 103 Å². The van der Waals surface area contributed by atoms with Gasteiger partial charge in [0.1, 0.15) is 24.7 Å². The number of nitrogens with one attached hydrogen (secondary N) is 2. The third kappa shape index (κ3) is 6.07. The number of nitro groups is 1. The number of anilines is 1. The van der Waals surface area contributed by atoms with Gasteiger partial charge < -0.3 is 15.4 Å². The van der Waals surface area contributed by atoms with Gasteiger partial charge in [0.25, 0.3) is 11.6 Å². The zero-order valence-electron chi connectivity index (χ0n) is 19.2. The minimum atomic E-state index is -0.834. The summed E-state index contributed by atoms with van der Waals surface area (Å²) in [5.74, 6) is -2.09. The van der Waals surface area contributed by atoms with Crippen molar-refractivity contribution in [1.82, 2.24) is 10.2 Å². The number of carbonyl (C=O) groups excluding carboxylic acids is 3. The molecule has 0 aliphatic carbocycles. The normalized spacial score (nSPS) is 14.0. The number of non-ortho nitro benzene ring substituents is 1. The molecule has 0 atom stereocenters. The molecule has 2 N–H and O–H groups in total. The zero-order chi connectivity index (χ0) is 27.4. The van der Waals surface area contributed by atoms with Crippen molar-refractivity contribution in [2.75, 3.05) is 11.9 Å². The fourth-order valence-electron chi connectivity index (χ4n) is 3.49. The van der Waals surface area contributed by atoms with Crippen molar-refractivity contribution >= 4 is 58.5 Å². The Morgan fingerprint density at radius 1 is 1.11 bits per heavy atom. The first-order valence-corrected chi connectivity index (χ1v) is 11.6. The summed E-state index contributed by atoms with van der Waals surface area (Å²) >= 11 is 12.6. The van der Waals surface area contributed by atoms with Crippen LogP contribution in [0.15, 0.2) is 66.4 Å². The van der Waals surface area contributed by atoms with Crippen LogP contribution in [0.4, 0.5) is 20.6 Å². The molecule has 194 valence electrons. The van der Waals surface area contributed by atoms with Crippen LogP contribution in [0.25, 0.3) is 6.08 Å². The van der Waals surface area contributed by atoms with Crippen molar-refractivity contribution in [1.29, 1.82) is 0 Å². The Balaban J connectivity index is 1.44. The van der Waals surface area contributed by atoms with Crippen LogP contribution < -0.4 is 15.4 Å². The third-order valence-electron chi connectivity index (χ3n) is 5.25. The largest absolute Gasteiger partial charge is 0.486 e. The molecule has 0 radical (unpaired) electrons. The highest BCUT2D eigenvalue weighted by Crippen LogP contribution is 2.35. The molecule has 10 nitrogen and oxygen atoms in total. The van der Waals surface area contributed by atoms with E-state index < -0.39 is 35.1 Å². The number of amides is 4. The monoisotopic (exact) mass is 558 g/mol. The fourth-order valence-corrected chi connectivity index (χ4v) is 4.11. The number of nitro benzene ring substituents is 1. The lowest BCUT2D eigenvalue weighted by Gasteiger charge is -2.12. The Morgan fingerprint density at radius 3 is 2.50 bits per heavy atom. The van der Waals surface area contributed by atoms with E-state index in [1.54, 1.807) is 6.07 Å². The van der Waals surface area contributed by atoms with E-state index in [1.165, 1.54) is 54.6 Å². The molecule has 1 heterocycles. The first kappa shape index (κ1) is 26.6. The second-order valence-corrected chi connectivity index (χ2v) is 8.75. The number of carbonyl (C=O) groups is 3. The number of hydrogen-bond acceptors (Lipinski definition) is 6. The van der Waals surface area contributed by atoms with E-state index in [4.69, 9.17) is 27.9 Å². The summed E-state index contributed by atoms with van der Waals surface area (Å²) in [7, 11) is 0. The number of urea groups is 1. The predicted octanol–water partition coefficient (Wildman–Crippen LogP) is 5.15. The zero-order valence-corrected chi connectivity index (χ0v) is 20.8. The maximum atomic E-state index is 13.8. The lowest BCUT2D eigenvalue weighted by molar-refractivity contribution is -0.384. The summed E-state index contributed by atoms with van der Waals surface area (Å²) in [6, 6.07) is 13.4. The van der Waals surface area contributed by atoms with Gasteiger partial charge in [-0.25, -0.2) is 14.1 Å². The average molecular weight is 559 g/mol. The number of para-hydroxylation sites is 1. The number of rotatable bonds is 8. The molecule has 13 heteroatoms. The van der Waals surface area contributed by atoms with E-state index in [0.29, 0.717) is 16.0 Å². The third-order valence-corrected chi connectivity index (χ3v) is 5.81. The van der Waals surface area contributed by atoms with Gasteiger partial charge >= 0.3 is 6.03 Å². The summed E-state index contributed by atoms with van der Waals surface area (Å²) in [5, 5.41) is 15.8. The highest BCUT2D eigenvalue weighted by atomic mass is 35.5. The molecular formula is C25H17Cl2FN4O6. The van der Waals surface area contributed by atoms with Gasteiger partial charge in [0.2, 0.25) is 5.91 Å². The van der Waals surface area contributed by atoms with Crippen LogP contribution in [0.1, 0.15) is 11.1 Å². The lowest BCUT2D eigenvalue weighted by atomic mass is 10.1. The molecule has 0 spiro atoms. The maximum absolute atomic E-state index is 13.8. The second-order valence-electron chi connectivity index (χ2n) is 7.94. The fraction of sp³-hybridized carbons (Fsp3) is 0.0800. The number of hydrogen-bond donors (Lipinski definition) is 2. The van der Waals surface area contributed by atoms with Crippen molar-refractivity contribution in [3.63, 3.8) is 0 Å². The summed E-state index contributed by atoms with van der Waals surface area (Å²) in [6.07, 6.45) is 1.32. The second kappa shape index (κ2) is 11.3. The number of nitrogens with zero attached hydrogens (tertiary/aromatic N) is 2. The number of ether oxygens (including phenoxy) is 1. The molecule has 0 aromatic heterocycles. The van der Waals surface area contributed by atoms with Crippen LogP contribution in [0.3, 0.4) is 0 Å². The smallest absolute Gasteiger partial charge is 0.329 e. The summed E-state index contributed by atoms with van der Waals surface area (Å²) < 4.78 is 19.4. The van der Waals surface area contributed by atoms with E-state index in [1.807, 2.05) is 0 Å². The van der Waals surface area contributed by atoms with Gasteiger partial charge in [-0.2, -0.15) is 0 Å². The molecule has 4 amide bonds. The van der Waals surface area contributed by atoms with Gasteiger partial charge in [0, 0.05) is 12.1 Å². The van der Waals surface area contributed by atoms with Gasteiger partial charge in [-0.15, -0.1) is 0 Å². The Bertz CT molecular complexity index is 1470. The summed E-state index contributed by atoms with van der Waals surface area (Å²) in [4.78, 5) is 48.4. The van der Waals surface area contributed by atoms with Crippen LogP contribution in [0, 0.1) is 15.9 Å².